The number of carbonyl (C=O) groups is 2. The van der Waals surface area contributed by atoms with Gasteiger partial charge in [-0.2, -0.15) is 0 Å². The maximum Gasteiger partial charge on any atom is 0.324 e. The van der Waals surface area contributed by atoms with Crippen molar-refractivity contribution in [1.82, 2.24) is 4.98 Å². The van der Waals surface area contributed by atoms with Crippen LogP contribution in [0.25, 0.3) is 0 Å². The quantitative estimate of drug-likeness (QED) is 0.673. The van der Waals surface area contributed by atoms with Crippen molar-refractivity contribution in [2.75, 3.05) is 12.3 Å². The molecule has 2 heterocycles. The molecule has 0 amide bonds. The topological polar surface area (TPSA) is 91.5 Å². The number of nitrogen functional groups attached to an aromatic ring is 1. The standard InChI is InChI=1S/C13H18N2O4S/c1-4-13(9(16)18-5-2)7-12(3,19-10(13)17)8-6-20-11(14)15-8/h6H,4-5,7H2,1-3H3,(H2,14,15)/t12-,13-/m0/s1. The average molecular weight is 298 g/mol. The first-order valence-corrected chi connectivity index (χ1v) is 7.38. The van der Waals surface area contributed by atoms with Gasteiger partial charge in [0.05, 0.1) is 12.3 Å². The molecule has 2 atom stereocenters. The number of rotatable bonds is 4. The molecule has 110 valence electrons. The van der Waals surface area contributed by atoms with Gasteiger partial charge in [0, 0.05) is 11.8 Å². The van der Waals surface area contributed by atoms with Gasteiger partial charge in [0.15, 0.2) is 16.1 Å². The van der Waals surface area contributed by atoms with Gasteiger partial charge in [0.1, 0.15) is 0 Å². The Morgan fingerprint density at radius 1 is 1.60 bits per heavy atom. The van der Waals surface area contributed by atoms with Crippen molar-refractivity contribution < 1.29 is 19.1 Å². The number of esters is 2. The van der Waals surface area contributed by atoms with Gasteiger partial charge in [-0.3, -0.25) is 9.59 Å². The van der Waals surface area contributed by atoms with E-state index in [2.05, 4.69) is 4.98 Å². The second kappa shape index (κ2) is 5.05. The Hall–Kier alpha value is -1.63. The highest BCUT2D eigenvalue weighted by molar-refractivity contribution is 7.13. The predicted molar refractivity (Wildman–Crippen MR) is 73.9 cm³/mol. The highest BCUT2D eigenvalue weighted by Crippen LogP contribution is 2.49. The third-order valence-corrected chi connectivity index (χ3v) is 4.36. The number of hydrogen-bond donors (Lipinski definition) is 1. The van der Waals surface area contributed by atoms with E-state index < -0.39 is 23.0 Å². The summed E-state index contributed by atoms with van der Waals surface area (Å²) in [5, 5.41) is 2.15. The molecule has 0 radical (unpaired) electrons. The van der Waals surface area contributed by atoms with Crippen molar-refractivity contribution in [3.8, 4) is 0 Å². The van der Waals surface area contributed by atoms with Crippen molar-refractivity contribution in [3.63, 3.8) is 0 Å². The average Bonchev–Trinajstić information content (AvgIpc) is 2.93. The van der Waals surface area contributed by atoms with E-state index in [9.17, 15) is 9.59 Å². The summed E-state index contributed by atoms with van der Waals surface area (Å²) in [5.74, 6) is -1.08. The second-order valence-electron chi connectivity index (χ2n) is 5.02. The molecule has 0 spiro atoms. The minimum absolute atomic E-state index is 0.220. The number of aromatic nitrogens is 1. The molecular formula is C13H18N2O4S. The van der Waals surface area contributed by atoms with E-state index in [1.54, 1.807) is 26.2 Å². The van der Waals surface area contributed by atoms with Crippen molar-refractivity contribution in [1.29, 1.82) is 0 Å². The Kier molecular flexibility index (Phi) is 3.73. The number of cyclic esters (lactones) is 1. The van der Waals surface area contributed by atoms with E-state index in [1.165, 1.54) is 11.3 Å². The van der Waals surface area contributed by atoms with Crippen LogP contribution in [-0.4, -0.2) is 23.5 Å². The number of nitrogens with zero attached hydrogens (tertiary/aromatic N) is 1. The molecule has 2 N–H and O–H groups in total. The number of anilines is 1. The zero-order valence-electron chi connectivity index (χ0n) is 11.8. The summed E-state index contributed by atoms with van der Waals surface area (Å²) in [6.45, 7) is 5.46. The molecular weight excluding hydrogens is 280 g/mol. The minimum atomic E-state index is -1.25. The van der Waals surface area contributed by atoms with Crippen LogP contribution in [0.3, 0.4) is 0 Å². The lowest BCUT2D eigenvalue weighted by Gasteiger charge is -2.23. The molecule has 1 aromatic rings. The predicted octanol–water partition coefficient (Wildman–Crippen LogP) is 1.85. The normalized spacial score (nSPS) is 29.2. The summed E-state index contributed by atoms with van der Waals surface area (Å²) in [4.78, 5) is 28.6. The van der Waals surface area contributed by atoms with Crippen LogP contribution in [0.2, 0.25) is 0 Å². The lowest BCUT2D eigenvalue weighted by molar-refractivity contribution is -0.166. The summed E-state index contributed by atoms with van der Waals surface area (Å²) in [6.07, 6.45) is 0.553. The summed E-state index contributed by atoms with van der Waals surface area (Å²) >= 11 is 1.28. The highest BCUT2D eigenvalue weighted by atomic mass is 32.1. The third-order valence-electron chi connectivity index (χ3n) is 3.68. The Morgan fingerprint density at radius 2 is 2.30 bits per heavy atom. The van der Waals surface area contributed by atoms with Gasteiger partial charge in [0.2, 0.25) is 0 Å². The van der Waals surface area contributed by atoms with Gasteiger partial charge in [0.25, 0.3) is 0 Å². The Bertz CT molecular complexity index is 544. The van der Waals surface area contributed by atoms with E-state index in [0.29, 0.717) is 17.2 Å². The molecule has 0 aliphatic carbocycles. The number of nitrogens with two attached hydrogens (primary N) is 1. The number of carbonyl (C=O) groups excluding carboxylic acids is 2. The van der Waals surface area contributed by atoms with Gasteiger partial charge in [-0.1, -0.05) is 6.92 Å². The molecule has 1 aromatic heterocycles. The number of ether oxygens (including phenoxy) is 2. The molecule has 0 bridgehead atoms. The summed E-state index contributed by atoms with van der Waals surface area (Å²) in [6, 6.07) is 0. The van der Waals surface area contributed by atoms with Crippen LogP contribution in [0.15, 0.2) is 5.38 Å². The van der Waals surface area contributed by atoms with Crippen molar-refractivity contribution in [3.05, 3.63) is 11.1 Å². The molecule has 7 heteroatoms. The Balaban J connectivity index is 2.35. The van der Waals surface area contributed by atoms with Crippen LogP contribution in [0.1, 0.15) is 39.3 Å². The van der Waals surface area contributed by atoms with E-state index in [1.807, 2.05) is 0 Å². The maximum atomic E-state index is 12.3. The first-order chi connectivity index (χ1) is 9.38. The molecule has 20 heavy (non-hydrogen) atoms. The monoisotopic (exact) mass is 298 g/mol. The molecule has 0 saturated carbocycles. The molecule has 1 aliphatic heterocycles. The Labute approximate surface area is 121 Å². The van der Waals surface area contributed by atoms with Crippen molar-refractivity contribution in [2.45, 2.75) is 39.2 Å². The van der Waals surface area contributed by atoms with Gasteiger partial charge >= 0.3 is 11.9 Å². The first-order valence-electron chi connectivity index (χ1n) is 6.50. The molecule has 6 nitrogen and oxygen atoms in total. The van der Waals surface area contributed by atoms with Gasteiger partial charge in [-0.25, -0.2) is 4.98 Å². The summed E-state index contributed by atoms with van der Waals surface area (Å²) < 4.78 is 10.5. The molecule has 0 aromatic carbocycles. The summed E-state index contributed by atoms with van der Waals surface area (Å²) in [5.41, 5.74) is 4.02. The van der Waals surface area contributed by atoms with Crippen LogP contribution >= 0.6 is 11.3 Å². The zero-order chi connectivity index (χ0) is 15.0. The fourth-order valence-electron chi connectivity index (χ4n) is 2.50. The molecule has 1 fully saturated rings. The fourth-order valence-corrected chi connectivity index (χ4v) is 3.18. The first kappa shape index (κ1) is 14.8. The van der Waals surface area contributed by atoms with Crippen LogP contribution in [0.4, 0.5) is 5.13 Å². The second-order valence-corrected chi connectivity index (χ2v) is 5.91. The van der Waals surface area contributed by atoms with Crippen LogP contribution < -0.4 is 5.73 Å². The molecule has 1 saturated heterocycles. The van der Waals surface area contributed by atoms with E-state index in [0.717, 1.165) is 0 Å². The van der Waals surface area contributed by atoms with E-state index in [4.69, 9.17) is 15.2 Å². The van der Waals surface area contributed by atoms with Crippen LogP contribution in [0.5, 0.6) is 0 Å². The lowest BCUT2D eigenvalue weighted by Crippen LogP contribution is -2.37. The lowest BCUT2D eigenvalue weighted by atomic mass is 9.78. The van der Waals surface area contributed by atoms with Crippen molar-refractivity contribution >= 4 is 28.4 Å². The zero-order valence-corrected chi connectivity index (χ0v) is 12.6. The SMILES string of the molecule is CCOC(=O)[C@]1(CC)C[C@@](C)(c2csc(N)n2)OC1=O. The van der Waals surface area contributed by atoms with Crippen molar-refractivity contribution in [2.24, 2.45) is 5.41 Å². The van der Waals surface area contributed by atoms with Gasteiger partial charge in [-0.15, -0.1) is 11.3 Å². The van der Waals surface area contributed by atoms with Crippen LogP contribution in [0, 0.1) is 5.41 Å². The third kappa shape index (κ3) is 2.15. The Morgan fingerprint density at radius 3 is 2.80 bits per heavy atom. The largest absolute Gasteiger partial charge is 0.465 e. The fraction of sp³-hybridized carbons (Fsp3) is 0.615. The van der Waals surface area contributed by atoms with Gasteiger partial charge in [-0.05, 0) is 20.3 Å². The van der Waals surface area contributed by atoms with Gasteiger partial charge < -0.3 is 15.2 Å². The molecule has 1 aliphatic rings. The highest BCUT2D eigenvalue weighted by Gasteiger charge is 2.60. The molecule has 2 rings (SSSR count). The maximum absolute atomic E-state index is 12.3. The number of hydrogen-bond acceptors (Lipinski definition) is 7. The smallest absolute Gasteiger partial charge is 0.324 e. The minimum Gasteiger partial charge on any atom is -0.465 e. The van der Waals surface area contributed by atoms with Crippen LogP contribution in [-0.2, 0) is 24.7 Å². The van der Waals surface area contributed by atoms with E-state index >= 15 is 0 Å². The number of thiazole rings is 1. The van der Waals surface area contributed by atoms with E-state index in [-0.39, 0.29) is 13.0 Å². The molecule has 0 unspecified atom stereocenters. The summed E-state index contributed by atoms with van der Waals surface area (Å²) in [7, 11) is 0.